The van der Waals surface area contributed by atoms with Crippen LogP contribution in [-0.4, -0.2) is 23.8 Å². The van der Waals surface area contributed by atoms with E-state index in [-0.39, 0.29) is 16.9 Å². The van der Waals surface area contributed by atoms with Crippen LogP contribution >= 0.6 is 39.1 Å². The Morgan fingerprint density at radius 3 is 2.24 bits per heavy atom. The van der Waals surface area contributed by atoms with Crippen LogP contribution in [0.5, 0.6) is 0 Å². The molecule has 0 radical (unpaired) electrons. The summed E-state index contributed by atoms with van der Waals surface area (Å²) in [5.74, 6) is -1.19. The van der Waals surface area contributed by atoms with E-state index in [9.17, 15) is 18.3 Å². The van der Waals surface area contributed by atoms with E-state index in [4.69, 9.17) is 23.2 Å². The molecule has 1 N–H and O–H groups in total. The molecule has 0 bridgehead atoms. The second kappa shape index (κ2) is 9.60. The maximum absolute atomic E-state index is 14.0. The molecule has 0 unspecified atom stereocenters. The highest BCUT2D eigenvalue weighted by atomic mass is 79.9. The predicted octanol–water partition coefficient (Wildman–Crippen LogP) is 6.64. The van der Waals surface area contributed by atoms with Crippen LogP contribution in [0.15, 0.2) is 93.8 Å². The van der Waals surface area contributed by atoms with E-state index in [1.54, 1.807) is 30.3 Å². The third-order valence-corrected chi connectivity index (χ3v) is 8.32. The molecule has 0 amide bonds. The number of sulfonamides is 1. The summed E-state index contributed by atoms with van der Waals surface area (Å²) >= 11 is 15.6. The van der Waals surface area contributed by atoms with Gasteiger partial charge in [-0.2, -0.15) is 4.31 Å². The zero-order valence-corrected chi connectivity index (χ0v) is 20.9. The molecular formula is C24H18BrCl2NO4S. The summed E-state index contributed by atoms with van der Waals surface area (Å²) in [7, 11) is -4.15. The standard InChI is InChI=1S/C24H18BrCl2NO4S/c25-17-5-1-3-15(13-17)22-12-11-21(24(29)30)23(16-4-2-6-19(27)14-16)28(22)33(31,32)20-9-7-18(26)8-10-20/h1-11,13-14,22-23H,12H2,(H,29,30)/t22-,23-/m0/s1. The van der Waals surface area contributed by atoms with Gasteiger partial charge in [0.05, 0.1) is 22.6 Å². The topological polar surface area (TPSA) is 74.7 Å². The first-order chi connectivity index (χ1) is 15.7. The molecule has 4 rings (SSSR count). The molecule has 0 spiro atoms. The number of hydrogen-bond acceptors (Lipinski definition) is 3. The van der Waals surface area contributed by atoms with Crippen LogP contribution in [0.25, 0.3) is 0 Å². The Bertz CT molecular complexity index is 1340. The molecule has 33 heavy (non-hydrogen) atoms. The van der Waals surface area contributed by atoms with Gasteiger partial charge in [-0.25, -0.2) is 13.2 Å². The largest absolute Gasteiger partial charge is 0.478 e. The number of benzene rings is 3. The van der Waals surface area contributed by atoms with Crippen LogP contribution in [-0.2, 0) is 14.8 Å². The number of carbonyl (C=O) groups is 1. The lowest BCUT2D eigenvalue weighted by Gasteiger charge is -2.40. The lowest BCUT2D eigenvalue weighted by atomic mass is 9.89. The second-order valence-electron chi connectivity index (χ2n) is 7.52. The number of carboxylic acids is 1. The smallest absolute Gasteiger partial charge is 0.333 e. The average molecular weight is 567 g/mol. The SMILES string of the molecule is O=C(O)C1=CC[C@@H](c2cccc(Br)c2)N(S(=O)(=O)c2ccc(Cl)cc2)[C@H]1c1cccc(Cl)c1. The molecular weight excluding hydrogens is 549 g/mol. The molecule has 9 heteroatoms. The molecule has 1 heterocycles. The van der Waals surface area contributed by atoms with Gasteiger partial charge in [-0.05, 0) is 66.1 Å². The Hall–Kier alpha value is -2.16. The van der Waals surface area contributed by atoms with Gasteiger partial charge in [-0.15, -0.1) is 0 Å². The van der Waals surface area contributed by atoms with E-state index < -0.39 is 28.1 Å². The van der Waals surface area contributed by atoms with Crippen molar-refractivity contribution in [1.29, 1.82) is 0 Å². The van der Waals surface area contributed by atoms with Gasteiger partial charge in [0.1, 0.15) is 0 Å². The van der Waals surface area contributed by atoms with Crippen LogP contribution in [0.4, 0.5) is 0 Å². The van der Waals surface area contributed by atoms with Gasteiger partial charge in [0.25, 0.3) is 0 Å². The van der Waals surface area contributed by atoms with E-state index in [2.05, 4.69) is 15.9 Å². The zero-order chi connectivity index (χ0) is 23.8. The lowest BCUT2D eigenvalue weighted by Crippen LogP contribution is -2.42. The van der Waals surface area contributed by atoms with Gasteiger partial charge in [0, 0.05) is 14.5 Å². The van der Waals surface area contributed by atoms with Crippen molar-refractivity contribution in [2.75, 3.05) is 0 Å². The minimum atomic E-state index is -4.15. The molecule has 0 fully saturated rings. The maximum atomic E-state index is 14.0. The Balaban J connectivity index is 1.98. The number of halogens is 3. The van der Waals surface area contributed by atoms with Gasteiger partial charge in [0.15, 0.2) is 0 Å². The Morgan fingerprint density at radius 1 is 0.939 bits per heavy atom. The van der Waals surface area contributed by atoms with Crippen molar-refractivity contribution in [3.05, 3.63) is 110 Å². The summed E-state index contributed by atoms with van der Waals surface area (Å²) in [6, 6.07) is 18.0. The van der Waals surface area contributed by atoms with Crippen LogP contribution in [0.2, 0.25) is 10.0 Å². The first-order valence-corrected chi connectivity index (χ1v) is 12.9. The summed E-state index contributed by atoms with van der Waals surface area (Å²) in [4.78, 5) is 12.2. The Morgan fingerprint density at radius 2 is 1.61 bits per heavy atom. The monoisotopic (exact) mass is 565 g/mol. The first kappa shape index (κ1) is 24.0. The van der Waals surface area contributed by atoms with Crippen molar-refractivity contribution < 1.29 is 18.3 Å². The molecule has 0 aromatic heterocycles. The molecule has 1 aliphatic rings. The fourth-order valence-electron chi connectivity index (χ4n) is 4.01. The lowest BCUT2D eigenvalue weighted by molar-refractivity contribution is -0.133. The Labute approximate surface area is 210 Å². The molecule has 0 saturated heterocycles. The van der Waals surface area contributed by atoms with Crippen molar-refractivity contribution in [2.24, 2.45) is 0 Å². The summed E-state index contributed by atoms with van der Waals surface area (Å²) in [6.07, 6.45) is 1.79. The van der Waals surface area contributed by atoms with Crippen LogP contribution in [0.1, 0.15) is 29.6 Å². The first-order valence-electron chi connectivity index (χ1n) is 9.92. The van der Waals surface area contributed by atoms with Crippen molar-refractivity contribution >= 4 is 55.1 Å². The molecule has 0 aliphatic carbocycles. The number of rotatable bonds is 5. The summed E-state index contributed by atoms with van der Waals surface area (Å²) < 4.78 is 30.1. The molecule has 1 aliphatic heterocycles. The third-order valence-electron chi connectivity index (χ3n) is 5.45. The fraction of sp³-hybridized carbons (Fsp3) is 0.125. The third kappa shape index (κ3) is 4.88. The molecule has 2 atom stereocenters. The molecule has 3 aromatic carbocycles. The van der Waals surface area contributed by atoms with Crippen LogP contribution in [0.3, 0.4) is 0 Å². The van der Waals surface area contributed by atoms with Crippen molar-refractivity contribution in [3.63, 3.8) is 0 Å². The number of aliphatic carboxylic acids is 1. The Kier molecular flexibility index (Phi) is 6.98. The quantitative estimate of drug-likeness (QED) is 0.375. The van der Waals surface area contributed by atoms with Gasteiger partial charge < -0.3 is 5.11 Å². The minimum Gasteiger partial charge on any atom is -0.478 e. The van der Waals surface area contributed by atoms with Crippen LogP contribution in [0, 0.1) is 0 Å². The normalized spacial score (nSPS) is 19.2. The van der Waals surface area contributed by atoms with E-state index in [0.717, 1.165) is 10.0 Å². The van der Waals surface area contributed by atoms with Gasteiger partial charge in [-0.3, -0.25) is 0 Å². The van der Waals surface area contributed by atoms with Gasteiger partial charge in [0.2, 0.25) is 10.0 Å². The number of carboxylic acid groups (broad SMARTS) is 1. The second-order valence-corrected chi connectivity index (χ2v) is 11.1. The van der Waals surface area contributed by atoms with E-state index >= 15 is 0 Å². The van der Waals surface area contributed by atoms with Gasteiger partial charge in [-0.1, -0.05) is 69.5 Å². The van der Waals surface area contributed by atoms with Crippen molar-refractivity contribution in [2.45, 2.75) is 23.4 Å². The number of nitrogens with zero attached hydrogens (tertiary/aromatic N) is 1. The highest BCUT2D eigenvalue weighted by molar-refractivity contribution is 9.10. The maximum Gasteiger partial charge on any atom is 0.333 e. The van der Waals surface area contributed by atoms with Crippen molar-refractivity contribution in [1.82, 2.24) is 4.31 Å². The predicted molar refractivity (Wildman–Crippen MR) is 132 cm³/mol. The molecule has 170 valence electrons. The highest BCUT2D eigenvalue weighted by Crippen LogP contribution is 2.46. The average Bonchev–Trinajstić information content (AvgIpc) is 2.78. The van der Waals surface area contributed by atoms with Gasteiger partial charge >= 0.3 is 5.97 Å². The summed E-state index contributed by atoms with van der Waals surface area (Å²) in [5, 5.41) is 10.8. The zero-order valence-electron chi connectivity index (χ0n) is 17.0. The molecule has 3 aromatic rings. The van der Waals surface area contributed by atoms with Crippen LogP contribution < -0.4 is 0 Å². The molecule has 5 nitrogen and oxygen atoms in total. The van der Waals surface area contributed by atoms with E-state index in [1.807, 2.05) is 24.3 Å². The van der Waals surface area contributed by atoms with Crippen molar-refractivity contribution in [3.8, 4) is 0 Å². The highest BCUT2D eigenvalue weighted by Gasteiger charge is 2.44. The number of hydrogen-bond donors (Lipinski definition) is 1. The fourth-order valence-corrected chi connectivity index (χ4v) is 6.53. The van der Waals surface area contributed by atoms with E-state index in [1.165, 1.54) is 28.6 Å². The minimum absolute atomic E-state index is 0.0190. The summed E-state index contributed by atoms with van der Waals surface area (Å²) in [5.41, 5.74) is 1.17. The van der Waals surface area contributed by atoms with E-state index in [0.29, 0.717) is 15.6 Å². The summed E-state index contributed by atoms with van der Waals surface area (Å²) in [6.45, 7) is 0. The molecule has 0 saturated carbocycles.